The van der Waals surface area contributed by atoms with Crippen LogP contribution < -0.4 is 4.74 Å². The number of hydrogen-bond acceptors (Lipinski definition) is 3. The average Bonchev–Trinajstić information content (AvgIpc) is 2.40. The Labute approximate surface area is 106 Å². The first-order valence-corrected chi connectivity index (χ1v) is 6.15. The number of benzene rings is 1. The van der Waals surface area contributed by atoms with E-state index < -0.39 is 0 Å². The van der Waals surface area contributed by atoms with E-state index in [9.17, 15) is 9.59 Å². The Morgan fingerprint density at radius 1 is 1.22 bits per heavy atom. The van der Waals surface area contributed by atoms with Crippen molar-refractivity contribution < 1.29 is 14.3 Å². The van der Waals surface area contributed by atoms with Gasteiger partial charge in [0.25, 0.3) is 0 Å². The quantitative estimate of drug-likeness (QED) is 0.817. The molecule has 3 nitrogen and oxygen atoms in total. The van der Waals surface area contributed by atoms with Gasteiger partial charge in [-0.1, -0.05) is 25.5 Å². The second-order valence-corrected chi connectivity index (χ2v) is 4.35. The summed E-state index contributed by atoms with van der Waals surface area (Å²) in [6.45, 7) is 2.06. The van der Waals surface area contributed by atoms with Crippen molar-refractivity contribution in [3.05, 3.63) is 41.0 Å². The van der Waals surface area contributed by atoms with Crippen molar-refractivity contribution in [3.8, 4) is 5.75 Å². The minimum atomic E-state index is -0.102. The van der Waals surface area contributed by atoms with Gasteiger partial charge in [-0.2, -0.15) is 0 Å². The normalized spacial score (nSPS) is 14.2. The van der Waals surface area contributed by atoms with Crippen LogP contribution in [0.3, 0.4) is 0 Å². The number of ketones is 2. The molecule has 94 valence electrons. The third kappa shape index (κ3) is 2.08. The van der Waals surface area contributed by atoms with Gasteiger partial charge in [-0.15, -0.1) is 0 Å². The maximum atomic E-state index is 12.3. The first-order chi connectivity index (χ1) is 8.69. The highest BCUT2D eigenvalue weighted by atomic mass is 16.5. The predicted molar refractivity (Wildman–Crippen MR) is 69.3 cm³/mol. The standard InChI is InChI=1S/C15H16O3/c1-3-4-6-10-9-12(16)11-7-5-8-13(18-2)14(11)15(10)17/h5,7-9H,3-4,6H2,1-2H3. The van der Waals surface area contributed by atoms with Crippen molar-refractivity contribution >= 4 is 11.6 Å². The Balaban J connectivity index is 2.45. The van der Waals surface area contributed by atoms with Crippen LogP contribution in [-0.2, 0) is 0 Å². The van der Waals surface area contributed by atoms with Crippen molar-refractivity contribution in [1.82, 2.24) is 0 Å². The molecule has 0 N–H and O–H groups in total. The maximum absolute atomic E-state index is 12.3. The zero-order chi connectivity index (χ0) is 13.1. The molecule has 0 unspecified atom stereocenters. The van der Waals surface area contributed by atoms with Crippen LogP contribution in [0.1, 0.15) is 46.9 Å². The van der Waals surface area contributed by atoms with E-state index in [0.29, 0.717) is 28.9 Å². The predicted octanol–water partition coefficient (Wildman–Crippen LogP) is 3.19. The highest BCUT2D eigenvalue weighted by molar-refractivity contribution is 6.25. The van der Waals surface area contributed by atoms with Crippen molar-refractivity contribution in [2.24, 2.45) is 0 Å². The van der Waals surface area contributed by atoms with Crippen molar-refractivity contribution in [2.45, 2.75) is 26.2 Å². The summed E-state index contributed by atoms with van der Waals surface area (Å²) in [7, 11) is 1.51. The molecule has 1 aliphatic carbocycles. The average molecular weight is 244 g/mol. The van der Waals surface area contributed by atoms with Crippen LogP contribution in [0.5, 0.6) is 5.75 Å². The fourth-order valence-electron chi connectivity index (χ4n) is 2.16. The molecular formula is C15H16O3. The zero-order valence-electron chi connectivity index (χ0n) is 10.7. The van der Waals surface area contributed by atoms with E-state index >= 15 is 0 Å². The molecule has 0 saturated carbocycles. The smallest absolute Gasteiger partial charge is 0.193 e. The third-order valence-corrected chi connectivity index (χ3v) is 3.14. The Hall–Kier alpha value is -1.90. The zero-order valence-corrected chi connectivity index (χ0v) is 10.7. The number of allylic oxidation sites excluding steroid dienone is 2. The van der Waals surface area contributed by atoms with Crippen molar-refractivity contribution in [2.75, 3.05) is 7.11 Å². The van der Waals surface area contributed by atoms with Gasteiger partial charge in [0.2, 0.25) is 0 Å². The fraction of sp³-hybridized carbons (Fsp3) is 0.333. The number of carbonyl (C=O) groups is 2. The summed E-state index contributed by atoms with van der Waals surface area (Å²) in [6.07, 6.45) is 4.03. The molecule has 0 heterocycles. The first-order valence-electron chi connectivity index (χ1n) is 6.15. The molecule has 0 bridgehead atoms. The lowest BCUT2D eigenvalue weighted by Crippen LogP contribution is -2.18. The molecule has 2 rings (SSSR count). The molecule has 1 aromatic carbocycles. The highest BCUT2D eigenvalue weighted by Gasteiger charge is 2.27. The first kappa shape index (κ1) is 12.6. The number of rotatable bonds is 4. The van der Waals surface area contributed by atoms with Crippen LogP contribution in [0, 0.1) is 0 Å². The second-order valence-electron chi connectivity index (χ2n) is 4.35. The minimum Gasteiger partial charge on any atom is -0.496 e. The van der Waals surface area contributed by atoms with Crippen LogP contribution in [0.25, 0.3) is 0 Å². The number of methoxy groups -OCH3 is 1. The molecule has 0 saturated heterocycles. The lowest BCUT2D eigenvalue weighted by Gasteiger charge is -2.17. The summed E-state index contributed by atoms with van der Waals surface area (Å²) in [6, 6.07) is 5.12. The second kappa shape index (κ2) is 5.17. The lowest BCUT2D eigenvalue weighted by atomic mass is 9.87. The van der Waals surface area contributed by atoms with E-state index in [1.807, 2.05) is 0 Å². The largest absolute Gasteiger partial charge is 0.496 e. The number of ether oxygens (including phenoxy) is 1. The summed E-state index contributed by atoms with van der Waals surface area (Å²) < 4.78 is 5.18. The number of Topliss-reactive ketones (excluding diaryl/α,β-unsaturated/α-hetero) is 1. The topological polar surface area (TPSA) is 43.4 Å². The fourth-order valence-corrected chi connectivity index (χ4v) is 2.16. The van der Waals surface area contributed by atoms with Gasteiger partial charge in [0.1, 0.15) is 5.75 Å². The summed E-state index contributed by atoms with van der Waals surface area (Å²) in [5.74, 6) is 0.304. The van der Waals surface area contributed by atoms with E-state index in [2.05, 4.69) is 6.92 Å². The molecule has 1 aliphatic rings. The third-order valence-electron chi connectivity index (χ3n) is 3.14. The molecule has 3 heteroatoms. The van der Waals surface area contributed by atoms with Gasteiger partial charge in [-0.25, -0.2) is 0 Å². The number of unbranched alkanes of at least 4 members (excludes halogenated alkanes) is 1. The molecule has 18 heavy (non-hydrogen) atoms. The minimum absolute atomic E-state index is 0.0736. The number of hydrogen-bond donors (Lipinski definition) is 0. The van der Waals surface area contributed by atoms with Gasteiger partial charge in [0.15, 0.2) is 11.6 Å². The maximum Gasteiger partial charge on any atom is 0.193 e. The molecule has 0 atom stereocenters. The molecule has 0 amide bonds. The van der Waals surface area contributed by atoms with Crippen molar-refractivity contribution in [3.63, 3.8) is 0 Å². The van der Waals surface area contributed by atoms with Gasteiger partial charge in [0, 0.05) is 11.1 Å². The van der Waals surface area contributed by atoms with Crippen LogP contribution in [-0.4, -0.2) is 18.7 Å². The molecule has 0 fully saturated rings. The molecule has 0 spiro atoms. The number of carbonyl (C=O) groups excluding carboxylic acids is 2. The van der Waals surface area contributed by atoms with Gasteiger partial charge in [-0.3, -0.25) is 9.59 Å². The van der Waals surface area contributed by atoms with Crippen LogP contribution >= 0.6 is 0 Å². The molecule has 0 radical (unpaired) electrons. The van der Waals surface area contributed by atoms with E-state index in [1.54, 1.807) is 18.2 Å². The van der Waals surface area contributed by atoms with Crippen LogP contribution in [0.4, 0.5) is 0 Å². The Kier molecular flexibility index (Phi) is 3.60. The van der Waals surface area contributed by atoms with Crippen LogP contribution in [0.15, 0.2) is 29.8 Å². The van der Waals surface area contributed by atoms with E-state index in [1.165, 1.54) is 13.2 Å². The molecule has 0 aliphatic heterocycles. The monoisotopic (exact) mass is 244 g/mol. The van der Waals surface area contributed by atoms with Crippen LogP contribution in [0.2, 0.25) is 0 Å². The Morgan fingerprint density at radius 3 is 2.67 bits per heavy atom. The highest BCUT2D eigenvalue weighted by Crippen LogP contribution is 2.30. The molecule has 1 aromatic rings. The van der Waals surface area contributed by atoms with E-state index in [-0.39, 0.29) is 11.6 Å². The van der Waals surface area contributed by atoms with Gasteiger partial charge in [-0.05, 0) is 25.0 Å². The summed E-state index contributed by atoms with van der Waals surface area (Å²) in [4.78, 5) is 24.3. The molecular weight excluding hydrogens is 228 g/mol. The van der Waals surface area contributed by atoms with E-state index in [4.69, 9.17) is 4.74 Å². The van der Waals surface area contributed by atoms with Gasteiger partial charge >= 0.3 is 0 Å². The molecule has 0 aromatic heterocycles. The van der Waals surface area contributed by atoms with Crippen molar-refractivity contribution in [1.29, 1.82) is 0 Å². The summed E-state index contributed by atoms with van der Waals surface area (Å²) in [5, 5.41) is 0. The van der Waals surface area contributed by atoms with Gasteiger partial charge < -0.3 is 4.74 Å². The summed E-state index contributed by atoms with van der Waals surface area (Å²) in [5.41, 5.74) is 1.46. The van der Waals surface area contributed by atoms with E-state index in [0.717, 1.165) is 12.8 Å². The number of fused-ring (bicyclic) bond motifs is 1. The Bertz CT molecular complexity index is 527. The SMILES string of the molecule is CCCCC1=CC(=O)c2cccc(OC)c2C1=O. The van der Waals surface area contributed by atoms with Gasteiger partial charge in [0.05, 0.1) is 12.7 Å². The Morgan fingerprint density at radius 2 is 2.00 bits per heavy atom. The summed E-state index contributed by atoms with van der Waals surface area (Å²) >= 11 is 0. The lowest BCUT2D eigenvalue weighted by molar-refractivity contribution is 0.0978.